The van der Waals surface area contributed by atoms with Crippen molar-refractivity contribution in [3.63, 3.8) is 0 Å². The SMILES string of the molecule is COc1ccc(C(NCc2cnn(C)c2C)C2CC2)cc1. The zero-order valence-corrected chi connectivity index (χ0v) is 13.0. The Hall–Kier alpha value is -1.81. The van der Waals surface area contributed by atoms with E-state index in [0.717, 1.165) is 18.2 Å². The van der Waals surface area contributed by atoms with Gasteiger partial charge in [-0.15, -0.1) is 0 Å². The van der Waals surface area contributed by atoms with Gasteiger partial charge >= 0.3 is 0 Å². The van der Waals surface area contributed by atoms with Crippen LogP contribution in [0.25, 0.3) is 0 Å². The molecular weight excluding hydrogens is 262 g/mol. The van der Waals surface area contributed by atoms with Gasteiger partial charge in [-0.2, -0.15) is 5.10 Å². The van der Waals surface area contributed by atoms with Gasteiger partial charge in [0, 0.05) is 30.9 Å². The highest BCUT2D eigenvalue weighted by Gasteiger charge is 2.32. The Morgan fingerprint density at radius 1 is 1.33 bits per heavy atom. The van der Waals surface area contributed by atoms with Gasteiger partial charge in [0.2, 0.25) is 0 Å². The third kappa shape index (κ3) is 3.10. The number of ether oxygens (including phenoxy) is 1. The van der Waals surface area contributed by atoms with Crippen molar-refractivity contribution in [1.29, 1.82) is 0 Å². The molecule has 0 saturated heterocycles. The lowest BCUT2D eigenvalue weighted by molar-refractivity contribution is 0.413. The van der Waals surface area contributed by atoms with Crippen molar-refractivity contribution in [1.82, 2.24) is 15.1 Å². The van der Waals surface area contributed by atoms with E-state index in [0.29, 0.717) is 6.04 Å². The molecular formula is C17H23N3O. The van der Waals surface area contributed by atoms with E-state index in [1.165, 1.54) is 29.7 Å². The first-order valence-electron chi connectivity index (χ1n) is 7.54. The average molecular weight is 285 g/mol. The lowest BCUT2D eigenvalue weighted by Crippen LogP contribution is -2.22. The lowest BCUT2D eigenvalue weighted by Gasteiger charge is -2.19. The van der Waals surface area contributed by atoms with Crippen molar-refractivity contribution >= 4 is 0 Å². The molecule has 1 fully saturated rings. The summed E-state index contributed by atoms with van der Waals surface area (Å²) in [5.41, 5.74) is 3.85. The van der Waals surface area contributed by atoms with Gasteiger partial charge in [-0.05, 0) is 43.4 Å². The molecule has 21 heavy (non-hydrogen) atoms. The number of hydrogen-bond donors (Lipinski definition) is 1. The molecule has 4 heteroatoms. The fraction of sp³-hybridized carbons (Fsp3) is 0.471. The van der Waals surface area contributed by atoms with Crippen molar-refractivity contribution in [2.24, 2.45) is 13.0 Å². The fourth-order valence-electron chi connectivity index (χ4n) is 2.74. The number of hydrogen-bond acceptors (Lipinski definition) is 3. The summed E-state index contributed by atoms with van der Waals surface area (Å²) in [5, 5.41) is 8.02. The molecule has 1 aliphatic carbocycles. The maximum absolute atomic E-state index is 5.24. The highest BCUT2D eigenvalue weighted by Crippen LogP contribution is 2.41. The van der Waals surface area contributed by atoms with E-state index in [1.54, 1.807) is 7.11 Å². The number of methoxy groups -OCH3 is 1. The summed E-state index contributed by atoms with van der Waals surface area (Å²) in [6.07, 6.45) is 4.59. The summed E-state index contributed by atoms with van der Waals surface area (Å²) in [7, 11) is 3.69. The minimum atomic E-state index is 0.426. The fourth-order valence-corrected chi connectivity index (χ4v) is 2.74. The second-order valence-electron chi connectivity index (χ2n) is 5.85. The summed E-state index contributed by atoms with van der Waals surface area (Å²) < 4.78 is 7.17. The first-order valence-corrected chi connectivity index (χ1v) is 7.54. The summed E-state index contributed by atoms with van der Waals surface area (Å²) in [6.45, 7) is 2.98. The van der Waals surface area contributed by atoms with Crippen molar-refractivity contribution in [3.05, 3.63) is 47.3 Å². The summed E-state index contributed by atoms with van der Waals surface area (Å²) >= 11 is 0. The third-order valence-corrected chi connectivity index (χ3v) is 4.42. The van der Waals surface area contributed by atoms with Gasteiger partial charge in [0.25, 0.3) is 0 Å². The van der Waals surface area contributed by atoms with Crippen LogP contribution in [0.1, 0.15) is 35.7 Å². The van der Waals surface area contributed by atoms with Crippen LogP contribution in [-0.4, -0.2) is 16.9 Å². The van der Waals surface area contributed by atoms with Crippen LogP contribution < -0.4 is 10.1 Å². The molecule has 0 amide bonds. The minimum Gasteiger partial charge on any atom is -0.497 e. The second-order valence-corrected chi connectivity index (χ2v) is 5.85. The monoisotopic (exact) mass is 285 g/mol. The molecule has 1 unspecified atom stereocenters. The standard InChI is InChI=1S/C17H23N3O/c1-12-15(11-19-20(12)2)10-18-17(13-4-5-13)14-6-8-16(21-3)9-7-14/h6-9,11,13,17-18H,4-5,10H2,1-3H3. The van der Waals surface area contributed by atoms with Crippen LogP contribution in [0.4, 0.5) is 0 Å². The number of rotatable bonds is 6. The van der Waals surface area contributed by atoms with Crippen LogP contribution in [0, 0.1) is 12.8 Å². The zero-order chi connectivity index (χ0) is 14.8. The first-order chi connectivity index (χ1) is 10.2. The van der Waals surface area contributed by atoms with Gasteiger partial charge in [0.15, 0.2) is 0 Å². The number of benzene rings is 1. The highest BCUT2D eigenvalue weighted by molar-refractivity contribution is 5.30. The third-order valence-electron chi connectivity index (χ3n) is 4.42. The Balaban J connectivity index is 1.71. The number of aryl methyl sites for hydroxylation is 1. The molecule has 0 aliphatic heterocycles. The maximum atomic E-state index is 5.24. The largest absolute Gasteiger partial charge is 0.497 e. The summed E-state index contributed by atoms with van der Waals surface area (Å²) in [5.74, 6) is 1.67. The molecule has 4 nitrogen and oxygen atoms in total. The topological polar surface area (TPSA) is 39.1 Å². The normalized spacial score (nSPS) is 16.0. The number of nitrogens with zero attached hydrogens (tertiary/aromatic N) is 2. The quantitative estimate of drug-likeness (QED) is 0.887. The minimum absolute atomic E-state index is 0.426. The molecule has 2 aromatic rings. The molecule has 1 heterocycles. The maximum Gasteiger partial charge on any atom is 0.118 e. The highest BCUT2D eigenvalue weighted by atomic mass is 16.5. The van der Waals surface area contributed by atoms with E-state index in [-0.39, 0.29) is 0 Å². The molecule has 1 saturated carbocycles. The Morgan fingerprint density at radius 2 is 2.05 bits per heavy atom. The molecule has 1 N–H and O–H groups in total. The molecule has 0 radical (unpaired) electrons. The van der Waals surface area contributed by atoms with Crippen LogP contribution in [0.15, 0.2) is 30.5 Å². The molecule has 1 atom stereocenters. The zero-order valence-electron chi connectivity index (χ0n) is 13.0. The van der Waals surface area contributed by atoms with Crippen molar-refractivity contribution in [2.45, 2.75) is 32.4 Å². The molecule has 112 valence electrons. The van der Waals surface area contributed by atoms with Gasteiger partial charge < -0.3 is 10.1 Å². The van der Waals surface area contributed by atoms with Crippen molar-refractivity contribution in [2.75, 3.05) is 7.11 Å². The molecule has 1 aromatic heterocycles. The van der Waals surface area contributed by atoms with Crippen molar-refractivity contribution < 1.29 is 4.74 Å². The average Bonchev–Trinajstić information content (AvgIpc) is 3.30. The summed E-state index contributed by atoms with van der Waals surface area (Å²) in [6, 6.07) is 8.86. The van der Waals surface area contributed by atoms with Gasteiger partial charge in [-0.25, -0.2) is 0 Å². The Kier molecular flexibility index (Phi) is 3.97. The van der Waals surface area contributed by atoms with Crippen molar-refractivity contribution in [3.8, 4) is 5.75 Å². The first kappa shape index (κ1) is 14.1. The second kappa shape index (κ2) is 5.90. The van der Waals surface area contributed by atoms with E-state index in [1.807, 2.05) is 30.1 Å². The van der Waals surface area contributed by atoms with Crippen LogP contribution in [-0.2, 0) is 13.6 Å². The van der Waals surface area contributed by atoms with Gasteiger partial charge in [-0.3, -0.25) is 4.68 Å². The van der Waals surface area contributed by atoms with Gasteiger partial charge in [0.1, 0.15) is 5.75 Å². The predicted molar refractivity (Wildman–Crippen MR) is 83.2 cm³/mol. The van der Waals surface area contributed by atoms with E-state index >= 15 is 0 Å². The van der Waals surface area contributed by atoms with E-state index < -0.39 is 0 Å². The van der Waals surface area contributed by atoms with E-state index in [2.05, 4.69) is 29.5 Å². The predicted octanol–water partition coefficient (Wildman–Crippen LogP) is 2.98. The lowest BCUT2D eigenvalue weighted by atomic mass is 10.0. The van der Waals surface area contributed by atoms with Crippen LogP contribution in [0.3, 0.4) is 0 Å². The van der Waals surface area contributed by atoms with Gasteiger partial charge in [-0.1, -0.05) is 12.1 Å². The number of aromatic nitrogens is 2. The smallest absolute Gasteiger partial charge is 0.118 e. The molecule has 1 aromatic carbocycles. The molecule has 0 spiro atoms. The van der Waals surface area contributed by atoms with Crippen LogP contribution in [0.2, 0.25) is 0 Å². The Bertz CT molecular complexity index is 599. The Labute approximate surface area is 126 Å². The number of nitrogens with one attached hydrogen (secondary N) is 1. The summed E-state index contributed by atoms with van der Waals surface area (Å²) in [4.78, 5) is 0. The van der Waals surface area contributed by atoms with Crippen LogP contribution in [0.5, 0.6) is 5.75 Å². The Morgan fingerprint density at radius 3 is 2.57 bits per heavy atom. The van der Waals surface area contributed by atoms with Gasteiger partial charge in [0.05, 0.1) is 13.3 Å². The van der Waals surface area contributed by atoms with Crippen LogP contribution >= 0.6 is 0 Å². The molecule has 0 bridgehead atoms. The molecule has 3 rings (SSSR count). The molecule has 1 aliphatic rings. The van der Waals surface area contributed by atoms with E-state index in [9.17, 15) is 0 Å². The van der Waals surface area contributed by atoms with E-state index in [4.69, 9.17) is 4.74 Å².